The van der Waals surface area contributed by atoms with E-state index < -0.39 is 8.32 Å². The molecule has 1 aliphatic rings. The van der Waals surface area contributed by atoms with E-state index in [1.165, 1.54) is 0 Å². The highest BCUT2D eigenvalue weighted by atomic mass is 28.4. The molecule has 0 saturated carbocycles. The molecule has 0 aliphatic carbocycles. The minimum Gasteiger partial charge on any atom is -0.414 e. The summed E-state index contributed by atoms with van der Waals surface area (Å²) in [4.78, 5) is 0. The summed E-state index contributed by atoms with van der Waals surface area (Å²) in [5, 5.41) is 0.257. The van der Waals surface area contributed by atoms with Crippen LogP contribution in [-0.4, -0.2) is 27.1 Å². The summed E-state index contributed by atoms with van der Waals surface area (Å²) in [6, 6.07) is 0. The Morgan fingerprint density at radius 1 is 1.43 bits per heavy atom. The van der Waals surface area contributed by atoms with Crippen LogP contribution >= 0.6 is 0 Å². The fourth-order valence-corrected chi connectivity index (χ4v) is 1.94. The first-order chi connectivity index (χ1) is 6.28. The van der Waals surface area contributed by atoms with E-state index in [-0.39, 0.29) is 17.2 Å². The van der Waals surface area contributed by atoms with E-state index in [1.54, 1.807) is 0 Å². The zero-order valence-corrected chi connectivity index (χ0v) is 10.8. The van der Waals surface area contributed by atoms with Gasteiger partial charge in [-0.15, -0.1) is 6.42 Å². The van der Waals surface area contributed by atoms with Crippen molar-refractivity contribution in [3.05, 3.63) is 0 Å². The minimum atomic E-state index is -1.62. The van der Waals surface area contributed by atoms with E-state index in [4.69, 9.17) is 15.6 Å². The number of hydrogen-bond donors (Lipinski definition) is 0. The van der Waals surface area contributed by atoms with Crippen molar-refractivity contribution >= 4 is 8.32 Å². The van der Waals surface area contributed by atoms with Gasteiger partial charge in [0.2, 0.25) is 0 Å². The highest BCUT2D eigenvalue weighted by Crippen LogP contribution is 2.37. The second-order valence-electron chi connectivity index (χ2n) is 5.33. The summed E-state index contributed by atoms with van der Waals surface area (Å²) in [6.45, 7) is 11.8. The molecule has 0 aromatic rings. The lowest BCUT2D eigenvalue weighted by Crippen LogP contribution is -2.41. The van der Waals surface area contributed by atoms with Gasteiger partial charge in [0.25, 0.3) is 0 Å². The third-order valence-corrected chi connectivity index (χ3v) is 7.66. The Kier molecular flexibility index (Phi) is 3.10. The van der Waals surface area contributed by atoms with E-state index in [9.17, 15) is 0 Å². The summed E-state index contributed by atoms with van der Waals surface area (Å²) >= 11 is 0. The molecular weight excluding hydrogens is 192 g/mol. The normalized spacial score (nSPS) is 27.1. The lowest BCUT2D eigenvalue weighted by Gasteiger charge is -2.35. The SMILES string of the molecule is C#C[C@@H]1O[C@H]1CO[Si](C)(C)C(C)(C)C. The molecule has 0 N–H and O–H groups in total. The van der Waals surface area contributed by atoms with Crippen molar-refractivity contribution in [1.82, 2.24) is 0 Å². The molecule has 0 aromatic carbocycles. The zero-order chi connectivity index (χ0) is 11.0. The molecule has 1 heterocycles. The molecule has 0 aromatic heterocycles. The molecule has 14 heavy (non-hydrogen) atoms. The van der Waals surface area contributed by atoms with Crippen molar-refractivity contribution < 1.29 is 9.16 Å². The molecule has 3 heteroatoms. The van der Waals surface area contributed by atoms with Gasteiger partial charge in [-0.1, -0.05) is 26.7 Å². The second kappa shape index (κ2) is 3.69. The average Bonchev–Trinajstić information content (AvgIpc) is 2.77. The molecule has 2 atom stereocenters. The standard InChI is InChI=1S/C11H20O2Si/c1-7-9-10(13-9)8-12-14(5,6)11(2,3)4/h1,9-10H,8H2,2-6H3/t9-,10-/m0/s1. The van der Waals surface area contributed by atoms with E-state index in [0.717, 1.165) is 0 Å². The maximum Gasteiger partial charge on any atom is 0.192 e. The molecule has 1 fully saturated rings. The van der Waals surface area contributed by atoms with Crippen LogP contribution in [0.2, 0.25) is 18.1 Å². The predicted molar refractivity (Wildman–Crippen MR) is 60.6 cm³/mol. The molecule has 1 rings (SSSR count). The Hall–Kier alpha value is -0.303. The number of terminal acetylenes is 1. The first-order valence-corrected chi connectivity index (χ1v) is 7.94. The van der Waals surface area contributed by atoms with Crippen molar-refractivity contribution in [3.63, 3.8) is 0 Å². The topological polar surface area (TPSA) is 21.8 Å². The summed E-state index contributed by atoms with van der Waals surface area (Å²) < 4.78 is 11.2. The van der Waals surface area contributed by atoms with Gasteiger partial charge in [0, 0.05) is 0 Å². The number of rotatable bonds is 3. The number of hydrogen-bond acceptors (Lipinski definition) is 2. The Balaban J connectivity index is 2.35. The van der Waals surface area contributed by atoms with E-state index in [0.29, 0.717) is 6.61 Å². The van der Waals surface area contributed by atoms with Crippen LogP contribution in [0.15, 0.2) is 0 Å². The van der Waals surface area contributed by atoms with Gasteiger partial charge in [-0.2, -0.15) is 0 Å². The van der Waals surface area contributed by atoms with Crippen LogP contribution in [0.4, 0.5) is 0 Å². The van der Waals surface area contributed by atoms with Crippen molar-refractivity contribution in [3.8, 4) is 12.3 Å². The van der Waals surface area contributed by atoms with E-state index in [2.05, 4.69) is 39.8 Å². The molecule has 0 amide bonds. The maximum atomic E-state index is 5.97. The van der Waals surface area contributed by atoms with Crippen LogP contribution in [0, 0.1) is 12.3 Å². The fourth-order valence-electron chi connectivity index (χ4n) is 0.923. The van der Waals surface area contributed by atoms with Gasteiger partial charge < -0.3 is 9.16 Å². The quantitative estimate of drug-likeness (QED) is 0.407. The Morgan fingerprint density at radius 2 is 2.00 bits per heavy atom. The number of epoxide rings is 1. The molecule has 80 valence electrons. The minimum absolute atomic E-state index is 0.000214. The molecule has 0 radical (unpaired) electrons. The number of ether oxygens (including phenoxy) is 1. The maximum absolute atomic E-state index is 5.97. The molecule has 0 unspecified atom stereocenters. The van der Waals surface area contributed by atoms with E-state index in [1.807, 2.05) is 0 Å². The molecule has 0 spiro atoms. The molecular formula is C11H20O2Si. The van der Waals surface area contributed by atoms with Crippen LogP contribution in [0.1, 0.15) is 20.8 Å². The van der Waals surface area contributed by atoms with Crippen LogP contribution < -0.4 is 0 Å². The van der Waals surface area contributed by atoms with Gasteiger partial charge in [0.05, 0.1) is 6.61 Å². The first-order valence-electron chi connectivity index (χ1n) is 5.03. The smallest absolute Gasteiger partial charge is 0.192 e. The lowest BCUT2D eigenvalue weighted by atomic mass is 10.2. The third kappa shape index (κ3) is 2.60. The molecule has 0 bridgehead atoms. The van der Waals surface area contributed by atoms with E-state index >= 15 is 0 Å². The highest BCUT2D eigenvalue weighted by Gasteiger charge is 2.42. The van der Waals surface area contributed by atoms with Crippen LogP contribution in [-0.2, 0) is 9.16 Å². The Morgan fingerprint density at radius 3 is 2.36 bits per heavy atom. The van der Waals surface area contributed by atoms with Crippen molar-refractivity contribution in [1.29, 1.82) is 0 Å². The average molecular weight is 212 g/mol. The highest BCUT2D eigenvalue weighted by molar-refractivity contribution is 6.74. The second-order valence-corrected chi connectivity index (χ2v) is 10.1. The van der Waals surface area contributed by atoms with Crippen molar-refractivity contribution in [2.45, 2.75) is 51.1 Å². The molecule has 1 saturated heterocycles. The van der Waals surface area contributed by atoms with Gasteiger partial charge in [-0.25, -0.2) is 0 Å². The summed E-state index contributed by atoms with van der Waals surface area (Å²) in [5.41, 5.74) is 0. The molecule has 1 aliphatic heterocycles. The Bertz CT molecular complexity index is 247. The Labute approximate surface area is 88.1 Å². The third-order valence-electron chi connectivity index (χ3n) is 3.16. The largest absolute Gasteiger partial charge is 0.414 e. The summed E-state index contributed by atoms with van der Waals surface area (Å²) in [5.74, 6) is 2.58. The van der Waals surface area contributed by atoms with Gasteiger partial charge >= 0.3 is 0 Å². The summed E-state index contributed by atoms with van der Waals surface area (Å²) in [7, 11) is -1.62. The first kappa shape index (κ1) is 11.8. The van der Waals surface area contributed by atoms with Crippen LogP contribution in [0.5, 0.6) is 0 Å². The van der Waals surface area contributed by atoms with Gasteiger partial charge in [0.1, 0.15) is 12.2 Å². The molecule has 2 nitrogen and oxygen atoms in total. The fraction of sp³-hybridized carbons (Fsp3) is 0.818. The van der Waals surface area contributed by atoms with Gasteiger partial charge in [-0.3, -0.25) is 0 Å². The lowest BCUT2D eigenvalue weighted by molar-refractivity contribution is 0.242. The van der Waals surface area contributed by atoms with Crippen molar-refractivity contribution in [2.75, 3.05) is 6.61 Å². The van der Waals surface area contributed by atoms with Gasteiger partial charge in [-0.05, 0) is 18.1 Å². The summed E-state index contributed by atoms with van der Waals surface area (Å²) in [6.07, 6.45) is 5.38. The monoisotopic (exact) mass is 212 g/mol. The predicted octanol–water partition coefficient (Wildman–Crippen LogP) is 2.41. The van der Waals surface area contributed by atoms with Crippen LogP contribution in [0.25, 0.3) is 0 Å². The zero-order valence-electron chi connectivity index (χ0n) is 9.76. The van der Waals surface area contributed by atoms with Crippen LogP contribution in [0.3, 0.4) is 0 Å². The van der Waals surface area contributed by atoms with Gasteiger partial charge in [0.15, 0.2) is 8.32 Å². The van der Waals surface area contributed by atoms with Crippen molar-refractivity contribution in [2.24, 2.45) is 0 Å².